The molecule has 9 heteroatoms. The molecule has 4 rings (SSSR count). The molecule has 2 aromatic rings. The van der Waals surface area contributed by atoms with Gasteiger partial charge in [0, 0.05) is 18.7 Å². The molecule has 2 aliphatic rings. The van der Waals surface area contributed by atoms with E-state index in [1.54, 1.807) is 6.08 Å². The molecule has 0 radical (unpaired) electrons. The number of hydrogen-bond donors (Lipinski definition) is 2. The summed E-state index contributed by atoms with van der Waals surface area (Å²) in [5.74, 6) is -2.29. The summed E-state index contributed by atoms with van der Waals surface area (Å²) in [5.41, 5.74) is 9.80. The van der Waals surface area contributed by atoms with Crippen molar-refractivity contribution in [3.8, 4) is 0 Å². The molecule has 1 amide bonds. The van der Waals surface area contributed by atoms with E-state index in [1.165, 1.54) is 24.0 Å². The predicted molar refractivity (Wildman–Crippen MR) is 143 cm³/mol. The molecule has 1 heterocycles. The number of carbonyl (C=O) groups excluding carboxylic acids is 2. The van der Waals surface area contributed by atoms with Gasteiger partial charge in [-0.25, -0.2) is 4.79 Å². The number of aliphatic carboxylic acids is 1. The van der Waals surface area contributed by atoms with Crippen LogP contribution < -0.4 is 10.6 Å². The van der Waals surface area contributed by atoms with Gasteiger partial charge in [0.25, 0.3) is 5.91 Å². The normalized spacial score (nSPS) is 16.9. The maximum atomic E-state index is 13.0. The Kier molecular flexibility index (Phi) is 10.9. The first-order chi connectivity index (χ1) is 18.6. The van der Waals surface area contributed by atoms with Gasteiger partial charge in [0.1, 0.15) is 5.78 Å². The van der Waals surface area contributed by atoms with Gasteiger partial charge in [0.05, 0.1) is 6.04 Å². The summed E-state index contributed by atoms with van der Waals surface area (Å²) >= 11 is 0. The van der Waals surface area contributed by atoms with Crippen molar-refractivity contribution in [2.24, 2.45) is 17.6 Å². The van der Waals surface area contributed by atoms with Crippen LogP contribution >= 0.6 is 0 Å². The van der Waals surface area contributed by atoms with E-state index in [-0.39, 0.29) is 23.7 Å². The number of rotatable bonds is 9. The fourth-order valence-corrected chi connectivity index (χ4v) is 5.11. The minimum Gasteiger partial charge on any atom is -0.475 e. The Morgan fingerprint density at radius 2 is 1.64 bits per heavy atom. The molecule has 0 spiro atoms. The van der Waals surface area contributed by atoms with E-state index in [1.807, 2.05) is 47.4 Å². The number of allylic oxidation sites excluding steroid dienone is 1. The average molecular weight is 545 g/mol. The number of para-hydroxylation sites is 1. The molecule has 0 saturated heterocycles. The number of alkyl halides is 3. The summed E-state index contributed by atoms with van der Waals surface area (Å²) in [6, 6.07) is 18.0. The molecular weight excluding hydrogens is 509 g/mol. The summed E-state index contributed by atoms with van der Waals surface area (Å²) in [5, 5.41) is 7.12. The van der Waals surface area contributed by atoms with E-state index in [9.17, 15) is 22.8 Å². The second-order valence-corrected chi connectivity index (χ2v) is 10.1. The molecule has 2 atom stereocenters. The number of carboxylic acids is 1. The number of benzene rings is 2. The number of aryl methyl sites for hydroxylation is 1. The predicted octanol–water partition coefficient (Wildman–Crippen LogP) is 5.49. The molecule has 1 saturated carbocycles. The SMILES string of the molecule is N[C@H](C(=O)C[C@H](/C=C/C(=O)N1CCc2ccccc21)CCc1ccccc1)C1CCCC1.O=C(O)C(F)(F)F. The Hall–Kier alpha value is -3.46. The van der Waals surface area contributed by atoms with Gasteiger partial charge < -0.3 is 15.7 Å². The number of halogens is 3. The van der Waals surface area contributed by atoms with Crippen molar-refractivity contribution in [1.82, 2.24) is 0 Å². The molecule has 0 aromatic heterocycles. The Bertz CT molecular complexity index is 1140. The molecular formula is C30H35F3N2O4. The number of carbonyl (C=O) groups is 3. The number of amides is 1. The molecule has 6 nitrogen and oxygen atoms in total. The van der Waals surface area contributed by atoms with E-state index < -0.39 is 12.1 Å². The fourth-order valence-electron chi connectivity index (χ4n) is 5.11. The number of fused-ring (bicyclic) bond motifs is 1. The number of Topliss-reactive ketones (excluding diaryl/α,β-unsaturated/α-hetero) is 1. The Morgan fingerprint density at radius 3 is 2.28 bits per heavy atom. The smallest absolute Gasteiger partial charge is 0.475 e. The van der Waals surface area contributed by atoms with Gasteiger partial charge in [0.15, 0.2) is 0 Å². The molecule has 1 aliphatic heterocycles. The largest absolute Gasteiger partial charge is 0.490 e. The quantitative estimate of drug-likeness (QED) is 0.407. The lowest BCUT2D eigenvalue weighted by Crippen LogP contribution is -2.37. The highest BCUT2D eigenvalue weighted by Gasteiger charge is 2.38. The third-order valence-corrected chi connectivity index (χ3v) is 7.30. The third kappa shape index (κ3) is 9.06. The summed E-state index contributed by atoms with van der Waals surface area (Å²) in [4.78, 5) is 36.6. The van der Waals surface area contributed by atoms with Crippen LogP contribution in [-0.4, -0.2) is 41.5 Å². The van der Waals surface area contributed by atoms with Gasteiger partial charge in [-0.1, -0.05) is 67.4 Å². The second kappa shape index (κ2) is 14.1. The maximum Gasteiger partial charge on any atom is 0.490 e. The minimum atomic E-state index is -5.08. The standard InChI is InChI=1S/C28H34N2O2.C2HF3O2/c29-28(24-11-4-5-12-24)26(31)20-22(15-14-21-8-2-1-3-9-21)16-17-27(32)30-19-18-23-10-6-7-13-25(23)30;3-2(4,5)1(6)7/h1-3,6-10,13,16-17,22,24,28H,4-5,11-12,14-15,18-20,29H2;(H,6,7)/b17-16+;/t22-,28-;/m0./s1. The van der Waals surface area contributed by atoms with Crippen molar-refractivity contribution >= 4 is 23.3 Å². The van der Waals surface area contributed by atoms with E-state index in [0.717, 1.165) is 37.8 Å². The van der Waals surface area contributed by atoms with Crippen molar-refractivity contribution in [3.05, 3.63) is 77.9 Å². The molecule has 0 bridgehead atoms. The second-order valence-electron chi connectivity index (χ2n) is 10.1. The van der Waals surface area contributed by atoms with Crippen molar-refractivity contribution in [2.75, 3.05) is 11.4 Å². The Morgan fingerprint density at radius 1 is 1.03 bits per heavy atom. The highest BCUT2D eigenvalue weighted by Crippen LogP contribution is 2.30. The van der Waals surface area contributed by atoms with Crippen molar-refractivity contribution in [3.63, 3.8) is 0 Å². The number of nitrogens with two attached hydrogens (primary N) is 1. The van der Waals surface area contributed by atoms with Crippen LogP contribution in [0, 0.1) is 11.8 Å². The lowest BCUT2D eigenvalue weighted by atomic mass is 9.87. The van der Waals surface area contributed by atoms with Crippen LogP contribution in [0.3, 0.4) is 0 Å². The first-order valence-electron chi connectivity index (χ1n) is 13.3. The van der Waals surface area contributed by atoms with Crippen LogP contribution in [0.15, 0.2) is 66.7 Å². The molecule has 3 N–H and O–H groups in total. The number of hydrogen-bond acceptors (Lipinski definition) is 4. The molecule has 39 heavy (non-hydrogen) atoms. The average Bonchev–Trinajstić information content (AvgIpc) is 3.60. The fraction of sp³-hybridized carbons (Fsp3) is 0.433. The van der Waals surface area contributed by atoms with Crippen LogP contribution in [-0.2, 0) is 27.2 Å². The van der Waals surface area contributed by atoms with E-state index in [4.69, 9.17) is 15.6 Å². The van der Waals surface area contributed by atoms with Crippen molar-refractivity contribution in [2.45, 2.75) is 63.6 Å². The minimum absolute atomic E-state index is 0.00722. The van der Waals surface area contributed by atoms with Crippen molar-refractivity contribution in [1.29, 1.82) is 0 Å². The summed E-state index contributed by atoms with van der Waals surface area (Å²) in [7, 11) is 0. The maximum absolute atomic E-state index is 13.0. The Balaban J connectivity index is 0.000000532. The van der Waals surface area contributed by atoms with Crippen LogP contribution in [0.1, 0.15) is 49.7 Å². The van der Waals surface area contributed by atoms with Gasteiger partial charge in [-0.3, -0.25) is 9.59 Å². The topological polar surface area (TPSA) is 101 Å². The summed E-state index contributed by atoms with van der Waals surface area (Å²) in [6.45, 7) is 0.711. The highest BCUT2D eigenvalue weighted by atomic mass is 19.4. The van der Waals surface area contributed by atoms with Gasteiger partial charge in [0.2, 0.25) is 0 Å². The lowest BCUT2D eigenvalue weighted by molar-refractivity contribution is -0.192. The molecule has 1 aliphatic carbocycles. The third-order valence-electron chi connectivity index (χ3n) is 7.30. The monoisotopic (exact) mass is 544 g/mol. The van der Waals surface area contributed by atoms with Gasteiger partial charge in [-0.05, 0) is 67.2 Å². The number of anilines is 1. The number of nitrogens with zero attached hydrogens (tertiary/aromatic N) is 1. The van der Waals surface area contributed by atoms with E-state index >= 15 is 0 Å². The first kappa shape index (κ1) is 30.1. The summed E-state index contributed by atoms with van der Waals surface area (Å²) < 4.78 is 31.7. The van der Waals surface area contributed by atoms with E-state index in [0.29, 0.717) is 18.9 Å². The van der Waals surface area contributed by atoms with Crippen LogP contribution in [0.4, 0.5) is 18.9 Å². The molecule has 1 fully saturated rings. The molecule has 210 valence electrons. The van der Waals surface area contributed by atoms with Crippen LogP contribution in [0.5, 0.6) is 0 Å². The zero-order chi connectivity index (χ0) is 28.4. The van der Waals surface area contributed by atoms with Crippen molar-refractivity contribution < 1.29 is 32.7 Å². The highest BCUT2D eigenvalue weighted by molar-refractivity contribution is 6.03. The van der Waals surface area contributed by atoms with Crippen LogP contribution in [0.25, 0.3) is 0 Å². The Labute approximate surface area is 226 Å². The van der Waals surface area contributed by atoms with Crippen LogP contribution in [0.2, 0.25) is 0 Å². The van der Waals surface area contributed by atoms with Gasteiger partial charge in [-0.15, -0.1) is 0 Å². The zero-order valence-corrected chi connectivity index (χ0v) is 21.8. The first-order valence-corrected chi connectivity index (χ1v) is 13.3. The number of ketones is 1. The molecule has 2 aromatic carbocycles. The number of carboxylic acid groups (broad SMARTS) is 1. The lowest BCUT2D eigenvalue weighted by Gasteiger charge is -2.20. The van der Waals surface area contributed by atoms with Gasteiger partial charge in [-0.2, -0.15) is 13.2 Å². The van der Waals surface area contributed by atoms with Gasteiger partial charge >= 0.3 is 12.1 Å². The zero-order valence-electron chi connectivity index (χ0n) is 21.8. The van der Waals surface area contributed by atoms with E-state index in [2.05, 4.69) is 18.2 Å². The molecule has 0 unspecified atom stereocenters. The summed E-state index contributed by atoms with van der Waals surface area (Å²) in [6.07, 6.45) is 6.01.